The number of aliphatic carboxylic acids is 1. The van der Waals surface area contributed by atoms with Crippen LogP contribution in [0.25, 0.3) is 10.9 Å². The molecular weight excluding hydrogens is 274 g/mol. The molecule has 2 unspecified atom stereocenters. The molecule has 0 saturated heterocycles. The number of nitrogens with two attached hydrogens (primary N) is 1. The third-order valence-corrected chi connectivity index (χ3v) is 3.21. The van der Waals surface area contributed by atoms with Gasteiger partial charge in [0.1, 0.15) is 0 Å². The van der Waals surface area contributed by atoms with Crippen molar-refractivity contribution in [1.82, 2.24) is 10.3 Å². The van der Waals surface area contributed by atoms with Crippen LogP contribution in [0.3, 0.4) is 0 Å². The van der Waals surface area contributed by atoms with E-state index in [9.17, 15) is 9.59 Å². The molecule has 1 aromatic heterocycles. The van der Waals surface area contributed by atoms with Crippen LogP contribution < -0.4 is 11.1 Å². The van der Waals surface area contributed by atoms with E-state index in [1.54, 1.807) is 6.20 Å². The summed E-state index contributed by atoms with van der Waals surface area (Å²) in [6.45, 7) is -0.365. The number of aromatic amines is 1. The molecule has 2 rings (SSSR count). The second-order valence-electron chi connectivity index (χ2n) is 4.77. The Morgan fingerprint density at radius 3 is 2.76 bits per heavy atom. The predicted molar refractivity (Wildman–Crippen MR) is 76.6 cm³/mol. The highest BCUT2D eigenvalue weighted by molar-refractivity contribution is 5.86. The molecule has 6 N–H and O–H groups in total. The van der Waals surface area contributed by atoms with Gasteiger partial charge in [0, 0.05) is 17.1 Å². The molecule has 21 heavy (non-hydrogen) atoms. The molecule has 0 saturated carbocycles. The molecule has 2 aromatic rings. The summed E-state index contributed by atoms with van der Waals surface area (Å²) in [7, 11) is 0. The molecule has 1 aromatic carbocycles. The Morgan fingerprint density at radius 1 is 1.33 bits per heavy atom. The zero-order valence-corrected chi connectivity index (χ0v) is 11.2. The van der Waals surface area contributed by atoms with E-state index in [0.29, 0.717) is 6.42 Å². The van der Waals surface area contributed by atoms with Gasteiger partial charge in [-0.3, -0.25) is 4.79 Å². The SMILES string of the molecule is NC(Cc1c[nH]c2ccccc12)C(=O)NCC(O)C(=O)O. The van der Waals surface area contributed by atoms with Crippen molar-refractivity contribution in [3.8, 4) is 0 Å². The van der Waals surface area contributed by atoms with E-state index in [-0.39, 0.29) is 6.54 Å². The van der Waals surface area contributed by atoms with Gasteiger partial charge < -0.3 is 26.2 Å². The van der Waals surface area contributed by atoms with Gasteiger partial charge in [-0.25, -0.2) is 4.79 Å². The molecule has 0 spiro atoms. The molecule has 1 amide bonds. The van der Waals surface area contributed by atoms with Gasteiger partial charge in [0.05, 0.1) is 12.6 Å². The number of hydrogen-bond donors (Lipinski definition) is 5. The highest BCUT2D eigenvalue weighted by Crippen LogP contribution is 2.18. The standard InChI is InChI=1S/C14H17N3O4/c15-10(13(19)17-7-12(18)14(20)21)5-8-6-16-11-4-2-1-3-9(8)11/h1-4,6,10,12,16,18H,5,7,15H2,(H,17,19)(H,20,21). The first kappa shape index (κ1) is 15.0. The highest BCUT2D eigenvalue weighted by Gasteiger charge is 2.19. The lowest BCUT2D eigenvalue weighted by Gasteiger charge is -2.13. The van der Waals surface area contributed by atoms with E-state index in [2.05, 4.69) is 10.3 Å². The molecule has 7 heteroatoms. The highest BCUT2D eigenvalue weighted by atomic mass is 16.4. The van der Waals surface area contributed by atoms with Crippen LogP contribution in [0.5, 0.6) is 0 Å². The number of hydrogen-bond acceptors (Lipinski definition) is 4. The van der Waals surface area contributed by atoms with Crippen molar-refractivity contribution >= 4 is 22.8 Å². The second kappa shape index (κ2) is 6.38. The van der Waals surface area contributed by atoms with Crippen molar-refractivity contribution in [1.29, 1.82) is 0 Å². The predicted octanol–water partition coefficient (Wildman–Crippen LogP) is -0.401. The van der Waals surface area contributed by atoms with E-state index >= 15 is 0 Å². The van der Waals surface area contributed by atoms with Crippen LogP contribution in [-0.4, -0.2) is 45.8 Å². The van der Waals surface area contributed by atoms with Gasteiger partial charge in [0.15, 0.2) is 6.10 Å². The zero-order chi connectivity index (χ0) is 15.4. The summed E-state index contributed by atoms with van der Waals surface area (Å²) in [4.78, 5) is 25.3. The number of benzene rings is 1. The summed E-state index contributed by atoms with van der Waals surface area (Å²) in [5.74, 6) is -1.89. The summed E-state index contributed by atoms with van der Waals surface area (Å²) >= 11 is 0. The van der Waals surface area contributed by atoms with Gasteiger partial charge in [0.2, 0.25) is 5.91 Å². The Morgan fingerprint density at radius 2 is 2.05 bits per heavy atom. The molecule has 0 radical (unpaired) electrons. The van der Waals surface area contributed by atoms with Crippen molar-refractivity contribution in [2.45, 2.75) is 18.6 Å². The smallest absolute Gasteiger partial charge is 0.334 e. The lowest BCUT2D eigenvalue weighted by Crippen LogP contribution is -2.45. The molecule has 0 fully saturated rings. The van der Waals surface area contributed by atoms with E-state index in [1.807, 2.05) is 24.3 Å². The van der Waals surface area contributed by atoms with Crippen molar-refractivity contribution in [2.24, 2.45) is 5.73 Å². The minimum atomic E-state index is -1.63. The fourth-order valence-corrected chi connectivity index (χ4v) is 2.05. The van der Waals surface area contributed by atoms with E-state index in [4.69, 9.17) is 15.9 Å². The number of carboxylic acids is 1. The lowest BCUT2D eigenvalue weighted by molar-refractivity contribution is -0.146. The van der Waals surface area contributed by atoms with Crippen molar-refractivity contribution < 1.29 is 19.8 Å². The largest absolute Gasteiger partial charge is 0.479 e. The van der Waals surface area contributed by atoms with Crippen LogP contribution in [0.1, 0.15) is 5.56 Å². The van der Waals surface area contributed by atoms with Crippen LogP contribution in [-0.2, 0) is 16.0 Å². The molecule has 112 valence electrons. The first-order valence-electron chi connectivity index (χ1n) is 6.48. The van der Waals surface area contributed by atoms with Crippen LogP contribution in [0.15, 0.2) is 30.5 Å². The topological polar surface area (TPSA) is 128 Å². The average Bonchev–Trinajstić information content (AvgIpc) is 2.87. The minimum Gasteiger partial charge on any atom is -0.479 e. The number of amides is 1. The molecule has 0 bridgehead atoms. The molecule has 0 aliphatic rings. The summed E-state index contributed by atoms with van der Waals surface area (Å²) in [5, 5.41) is 20.9. The molecule has 1 heterocycles. The van der Waals surface area contributed by atoms with Crippen molar-refractivity contribution in [3.05, 3.63) is 36.0 Å². The number of rotatable bonds is 6. The summed E-state index contributed by atoms with van der Waals surface area (Å²) in [6.07, 6.45) is 0.484. The number of para-hydroxylation sites is 1. The Bertz CT molecular complexity index is 652. The number of aliphatic hydroxyl groups is 1. The molecule has 0 aliphatic heterocycles. The fraction of sp³-hybridized carbons (Fsp3) is 0.286. The number of aliphatic hydroxyl groups excluding tert-OH is 1. The number of nitrogens with one attached hydrogen (secondary N) is 2. The number of H-pyrrole nitrogens is 1. The number of carbonyl (C=O) groups is 2. The van der Waals surface area contributed by atoms with Crippen LogP contribution in [0.4, 0.5) is 0 Å². The fourth-order valence-electron chi connectivity index (χ4n) is 2.05. The van der Waals surface area contributed by atoms with Crippen LogP contribution in [0.2, 0.25) is 0 Å². The molecule has 7 nitrogen and oxygen atoms in total. The van der Waals surface area contributed by atoms with E-state index < -0.39 is 24.0 Å². The van der Waals surface area contributed by atoms with Gasteiger partial charge in [-0.15, -0.1) is 0 Å². The first-order chi connectivity index (χ1) is 9.99. The maximum atomic E-state index is 11.8. The number of carbonyl (C=O) groups excluding carboxylic acids is 1. The summed E-state index contributed by atoms with van der Waals surface area (Å²) in [6, 6.07) is 6.84. The Hall–Kier alpha value is -2.38. The zero-order valence-electron chi connectivity index (χ0n) is 11.2. The Kier molecular flexibility index (Phi) is 4.56. The van der Waals surface area contributed by atoms with Gasteiger partial charge in [0.25, 0.3) is 0 Å². The van der Waals surface area contributed by atoms with E-state index in [0.717, 1.165) is 16.5 Å². The van der Waals surface area contributed by atoms with Crippen molar-refractivity contribution in [2.75, 3.05) is 6.54 Å². The number of carboxylic acid groups (broad SMARTS) is 1. The molecule has 0 aliphatic carbocycles. The summed E-state index contributed by atoms with van der Waals surface area (Å²) < 4.78 is 0. The minimum absolute atomic E-state index is 0.318. The maximum Gasteiger partial charge on any atom is 0.334 e. The monoisotopic (exact) mass is 291 g/mol. The van der Waals surface area contributed by atoms with Crippen LogP contribution in [0, 0.1) is 0 Å². The molecule has 2 atom stereocenters. The van der Waals surface area contributed by atoms with Gasteiger partial charge >= 0.3 is 5.97 Å². The number of fused-ring (bicyclic) bond motifs is 1. The third kappa shape index (κ3) is 3.59. The lowest BCUT2D eigenvalue weighted by atomic mass is 10.1. The van der Waals surface area contributed by atoms with Gasteiger partial charge in [-0.1, -0.05) is 18.2 Å². The normalized spacial score (nSPS) is 13.8. The average molecular weight is 291 g/mol. The second-order valence-corrected chi connectivity index (χ2v) is 4.77. The Balaban J connectivity index is 1.96. The molecular formula is C14H17N3O4. The van der Waals surface area contributed by atoms with E-state index in [1.165, 1.54) is 0 Å². The van der Waals surface area contributed by atoms with Gasteiger partial charge in [-0.2, -0.15) is 0 Å². The Labute approximate surface area is 120 Å². The van der Waals surface area contributed by atoms with Crippen molar-refractivity contribution in [3.63, 3.8) is 0 Å². The maximum absolute atomic E-state index is 11.8. The first-order valence-corrected chi connectivity index (χ1v) is 6.48. The number of aromatic nitrogens is 1. The third-order valence-electron chi connectivity index (χ3n) is 3.21. The van der Waals surface area contributed by atoms with Gasteiger partial charge in [-0.05, 0) is 18.1 Å². The summed E-state index contributed by atoms with van der Waals surface area (Å²) in [5.41, 5.74) is 7.68. The van der Waals surface area contributed by atoms with Crippen LogP contribution >= 0.6 is 0 Å². The quantitative estimate of drug-likeness (QED) is 0.494.